The number of carbonyl (C=O) groups is 2. The number of hydrogen-bond acceptors (Lipinski definition) is 5. The second-order valence-electron chi connectivity index (χ2n) is 8.63. The number of thioether (sulfide) groups is 1. The number of nitrogens with zero attached hydrogens (tertiary/aromatic N) is 4. The molecule has 0 saturated carbocycles. The first-order valence-corrected chi connectivity index (χ1v) is 12.7. The molecule has 2 heterocycles. The molecule has 1 fully saturated rings. The second-order valence-corrected chi connectivity index (χ2v) is 9.62. The van der Waals surface area contributed by atoms with E-state index in [0.29, 0.717) is 31.0 Å². The van der Waals surface area contributed by atoms with Crippen molar-refractivity contribution in [1.29, 1.82) is 0 Å². The third kappa shape index (κ3) is 5.05. The third-order valence-electron chi connectivity index (χ3n) is 6.31. The highest BCUT2D eigenvalue weighted by molar-refractivity contribution is 7.99. The van der Waals surface area contributed by atoms with Crippen LogP contribution in [0.25, 0.3) is 22.0 Å². The van der Waals surface area contributed by atoms with Gasteiger partial charge in [-0.15, -0.1) is 10.2 Å². The molecule has 5 rings (SSSR count). The summed E-state index contributed by atoms with van der Waals surface area (Å²) in [7, 11) is 0. The molecule has 1 aliphatic rings. The van der Waals surface area contributed by atoms with Gasteiger partial charge in [-0.05, 0) is 35.9 Å². The van der Waals surface area contributed by atoms with E-state index in [9.17, 15) is 9.59 Å². The van der Waals surface area contributed by atoms with Gasteiger partial charge in [-0.3, -0.25) is 9.59 Å². The molecule has 0 bridgehead atoms. The molecule has 0 N–H and O–H groups in total. The second kappa shape index (κ2) is 10.3. The first-order valence-electron chi connectivity index (χ1n) is 11.7. The maximum absolute atomic E-state index is 13.3. The van der Waals surface area contributed by atoms with Crippen LogP contribution < -0.4 is 0 Å². The average molecular weight is 483 g/mol. The topological polar surface area (TPSA) is 66.4 Å². The van der Waals surface area contributed by atoms with Gasteiger partial charge in [-0.1, -0.05) is 78.5 Å². The number of benzene rings is 3. The van der Waals surface area contributed by atoms with E-state index in [4.69, 9.17) is 0 Å². The lowest BCUT2D eigenvalue weighted by Crippen LogP contribution is -2.55. The maximum Gasteiger partial charge on any atom is 0.254 e. The van der Waals surface area contributed by atoms with E-state index in [-0.39, 0.29) is 17.9 Å². The molecule has 0 spiro atoms. The summed E-state index contributed by atoms with van der Waals surface area (Å²) in [5, 5.41) is 11.3. The van der Waals surface area contributed by atoms with Crippen LogP contribution in [0.15, 0.2) is 90.0 Å². The van der Waals surface area contributed by atoms with Gasteiger partial charge in [0.15, 0.2) is 0 Å². The van der Waals surface area contributed by atoms with Gasteiger partial charge in [-0.2, -0.15) is 0 Å². The molecule has 1 saturated heterocycles. The van der Waals surface area contributed by atoms with E-state index in [0.717, 1.165) is 27.1 Å². The highest BCUT2D eigenvalue weighted by atomic mass is 32.2. The Morgan fingerprint density at radius 3 is 2.43 bits per heavy atom. The van der Waals surface area contributed by atoms with Crippen LogP contribution in [0.4, 0.5) is 0 Å². The summed E-state index contributed by atoms with van der Waals surface area (Å²) in [6, 6.07) is 27.4. The fraction of sp³-hybridized carbons (Fsp3) is 0.214. The molecule has 1 aliphatic heterocycles. The Balaban J connectivity index is 1.18. The molecule has 4 aromatic rings. The Morgan fingerprint density at radius 1 is 0.886 bits per heavy atom. The van der Waals surface area contributed by atoms with Crippen LogP contribution in [-0.2, 0) is 4.79 Å². The van der Waals surface area contributed by atoms with E-state index >= 15 is 0 Å². The summed E-state index contributed by atoms with van der Waals surface area (Å²) in [5.74, 6) is 0.362. The number of carbonyl (C=O) groups excluding carboxylic acids is 2. The van der Waals surface area contributed by atoms with Crippen LogP contribution >= 0.6 is 11.8 Å². The molecule has 2 amide bonds. The lowest BCUT2D eigenvalue weighted by Gasteiger charge is -2.40. The molecule has 0 radical (unpaired) electrons. The van der Waals surface area contributed by atoms with Crippen molar-refractivity contribution in [2.45, 2.75) is 18.0 Å². The Bertz CT molecular complexity index is 1340. The SMILES string of the molecule is CC1CN(C(=O)CSc2ccc(-c3ccccc3)nn2)CCN1C(=O)c1cccc2ccccc12. The van der Waals surface area contributed by atoms with Gasteiger partial charge < -0.3 is 9.80 Å². The molecule has 1 unspecified atom stereocenters. The van der Waals surface area contributed by atoms with Gasteiger partial charge in [0.05, 0.1) is 11.4 Å². The van der Waals surface area contributed by atoms with Crippen LogP contribution in [0.1, 0.15) is 17.3 Å². The first kappa shape index (κ1) is 23.1. The molecule has 0 aliphatic carbocycles. The Hall–Kier alpha value is -3.71. The highest BCUT2D eigenvalue weighted by Crippen LogP contribution is 2.23. The van der Waals surface area contributed by atoms with E-state index < -0.39 is 0 Å². The lowest BCUT2D eigenvalue weighted by molar-refractivity contribution is -0.130. The lowest BCUT2D eigenvalue weighted by atomic mass is 10.0. The van der Waals surface area contributed by atoms with E-state index in [1.54, 1.807) is 0 Å². The number of rotatable bonds is 5. The van der Waals surface area contributed by atoms with E-state index in [1.165, 1.54) is 11.8 Å². The smallest absolute Gasteiger partial charge is 0.254 e. The minimum absolute atomic E-state index is 0.0181. The molecule has 7 heteroatoms. The van der Waals surface area contributed by atoms with Gasteiger partial charge in [0.25, 0.3) is 5.91 Å². The van der Waals surface area contributed by atoms with Crippen molar-refractivity contribution in [2.75, 3.05) is 25.4 Å². The minimum atomic E-state index is -0.0610. The molecule has 35 heavy (non-hydrogen) atoms. The van der Waals surface area contributed by atoms with Crippen LogP contribution in [0.2, 0.25) is 0 Å². The van der Waals surface area contributed by atoms with Gasteiger partial charge in [0, 0.05) is 36.8 Å². The average Bonchev–Trinajstić information content (AvgIpc) is 2.91. The predicted molar refractivity (Wildman–Crippen MR) is 139 cm³/mol. The molecule has 3 aromatic carbocycles. The minimum Gasteiger partial charge on any atom is -0.338 e. The third-order valence-corrected chi connectivity index (χ3v) is 7.22. The monoisotopic (exact) mass is 482 g/mol. The van der Waals surface area contributed by atoms with Crippen molar-refractivity contribution in [3.8, 4) is 11.3 Å². The summed E-state index contributed by atoms with van der Waals surface area (Å²) < 4.78 is 0. The van der Waals surface area contributed by atoms with Gasteiger partial charge in [0.2, 0.25) is 5.91 Å². The summed E-state index contributed by atoms with van der Waals surface area (Å²) >= 11 is 1.39. The first-order chi connectivity index (χ1) is 17.1. The summed E-state index contributed by atoms with van der Waals surface area (Å²) in [5.41, 5.74) is 2.53. The summed E-state index contributed by atoms with van der Waals surface area (Å²) in [6.07, 6.45) is 0. The fourth-order valence-corrected chi connectivity index (χ4v) is 5.16. The summed E-state index contributed by atoms with van der Waals surface area (Å²) in [6.45, 7) is 3.57. The van der Waals surface area contributed by atoms with Gasteiger partial charge in [-0.25, -0.2) is 0 Å². The Morgan fingerprint density at radius 2 is 1.66 bits per heavy atom. The van der Waals surface area contributed by atoms with Crippen molar-refractivity contribution in [2.24, 2.45) is 0 Å². The standard InChI is InChI=1S/C28H26N4O2S/c1-20-18-31(16-17-32(20)28(34)24-13-7-11-21-8-5-6-12-23(21)24)27(33)19-35-26-15-14-25(29-30-26)22-9-3-2-4-10-22/h2-15,20H,16-19H2,1H3. The zero-order chi connectivity index (χ0) is 24.2. The molecule has 1 aromatic heterocycles. The quantitative estimate of drug-likeness (QED) is 0.384. The van der Waals surface area contributed by atoms with Crippen LogP contribution in [0, 0.1) is 0 Å². The number of aromatic nitrogens is 2. The molecular formula is C28H26N4O2S. The number of amides is 2. The van der Waals surface area contributed by atoms with Crippen LogP contribution in [0.5, 0.6) is 0 Å². The molecule has 176 valence electrons. The Labute approximate surface area is 209 Å². The molecule has 1 atom stereocenters. The molecular weight excluding hydrogens is 456 g/mol. The maximum atomic E-state index is 13.3. The zero-order valence-corrected chi connectivity index (χ0v) is 20.3. The van der Waals surface area contributed by atoms with Crippen molar-refractivity contribution >= 4 is 34.3 Å². The van der Waals surface area contributed by atoms with Gasteiger partial charge in [0.1, 0.15) is 5.03 Å². The van der Waals surface area contributed by atoms with Crippen LogP contribution in [-0.4, -0.2) is 63.2 Å². The Kier molecular flexibility index (Phi) is 6.77. The zero-order valence-electron chi connectivity index (χ0n) is 19.5. The number of hydrogen-bond donors (Lipinski definition) is 0. The van der Waals surface area contributed by atoms with Crippen molar-refractivity contribution in [3.63, 3.8) is 0 Å². The number of fused-ring (bicyclic) bond motifs is 1. The fourth-order valence-electron chi connectivity index (χ4n) is 4.44. The van der Waals surface area contributed by atoms with Crippen molar-refractivity contribution in [1.82, 2.24) is 20.0 Å². The van der Waals surface area contributed by atoms with E-state index in [2.05, 4.69) is 10.2 Å². The normalized spacial score (nSPS) is 15.9. The van der Waals surface area contributed by atoms with Crippen molar-refractivity contribution in [3.05, 3.63) is 90.5 Å². The van der Waals surface area contributed by atoms with Crippen LogP contribution in [0.3, 0.4) is 0 Å². The predicted octanol–water partition coefficient (Wildman–Crippen LogP) is 4.76. The summed E-state index contributed by atoms with van der Waals surface area (Å²) in [4.78, 5) is 29.9. The number of piperazine rings is 1. The highest BCUT2D eigenvalue weighted by Gasteiger charge is 2.30. The van der Waals surface area contributed by atoms with Gasteiger partial charge >= 0.3 is 0 Å². The molecule has 6 nitrogen and oxygen atoms in total. The largest absolute Gasteiger partial charge is 0.338 e. The van der Waals surface area contributed by atoms with E-state index in [1.807, 2.05) is 102 Å². The van der Waals surface area contributed by atoms with Crippen molar-refractivity contribution < 1.29 is 9.59 Å².